The molecule has 3 rings (SSSR count). The zero-order chi connectivity index (χ0) is 14.8. The van der Waals surface area contributed by atoms with Crippen LogP contribution in [0.1, 0.15) is 10.5 Å². The summed E-state index contributed by atoms with van der Waals surface area (Å²) >= 11 is 3.43. The number of benzene rings is 2. The number of hydrogen-bond donors (Lipinski definition) is 2. The summed E-state index contributed by atoms with van der Waals surface area (Å²) < 4.78 is 1.02. The number of hydrogen-bond acceptors (Lipinski definition) is 4. The largest absolute Gasteiger partial charge is 0.382 e. The van der Waals surface area contributed by atoms with Gasteiger partial charge in [0, 0.05) is 10.2 Å². The summed E-state index contributed by atoms with van der Waals surface area (Å²) in [5.41, 5.74) is 6.37. The van der Waals surface area contributed by atoms with Gasteiger partial charge >= 0.3 is 0 Å². The normalized spacial score (nSPS) is 10.5. The topological polar surface area (TPSA) is 80.9 Å². The van der Waals surface area contributed by atoms with Crippen LogP contribution < -0.4 is 11.1 Å². The van der Waals surface area contributed by atoms with Crippen molar-refractivity contribution < 1.29 is 4.79 Å². The molecule has 0 aliphatic heterocycles. The van der Waals surface area contributed by atoms with Crippen molar-refractivity contribution in [2.75, 3.05) is 11.1 Å². The second kappa shape index (κ2) is 5.49. The Hall–Kier alpha value is -2.47. The molecule has 0 aliphatic carbocycles. The number of halogens is 1. The number of anilines is 2. The average molecular weight is 343 g/mol. The van der Waals surface area contributed by atoms with Gasteiger partial charge in [-0.1, -0.05) is 28.1 Å². The minimum absolute atomic E-state index is 0.222. The van der Waals surface area contributed by atoms with Crippen LogP contribution in [-0.2, 0) is 0 Å². The maximum atomic E-state index is 12.1. The zero-order valence-corrected chi connectivity index (χ0v) is 12.5. The number of nitrogens with one attached hydrogen (secondary N) is 1. The fourth-order valence-corrected chi connectivity index (χ4v) is 2.33. The molecule has 0 atom stereocenters. The standard InChI is InChI=1S/C15H11BrN4O/c16-11-3-1-10-8-12(4-2-9(10)7-11)18-15(21)13-5-6-14(17)20-19-13/h1-8H,(H2,17,20)(H,18,21). The lowest BCUT2D eigenvalue weighted by Crippen LogP contribution is -2.14. The molecule has 21 heavy (non-hydrogen) atoms. The molecule has 0 radical (unpaired) electrons. The molecule has 6 heteroatoms. The highest BCUT2D eigenvalue weighted by atomic mass is 79.9. The van der Waals surface area contributed by atoms with E-state index in [1.807, 2.05) is 36.4 Å². The first-order valence-corrected chi connectivity index (χ1v) is 7.01. The van der Waals surface area contributed by atoms with Crippen molar-refractivity contribution in [3.63, 3.8) is 0 Å². The second-order valence-electron chi connectivity index (χ2n) is 4.50. The first kappa shape index (κ1) is 13.5. The van der Waals surface area contributed by atoms with Crippen molar-refractivity contribution in [2.45, 2.75) is 0 Å². The van der Waals surface area contributed by atoms with Gasteiger partial charge in [-0.3, -0.25) is 4.79 Å². The van der Waals surface area contributed by atoms with E-state index in [4.69, 9.17) is 5.73 Å². The summed E-state index contributed by atoms with van der Waals surface area (Å²) in [7, 11) is 0. The Bertz CT molecular complexity index is 818. The van der Waals surface area contributed by atoms with Gasteiger partial charge in [-0.15, -0.1) is 10.2 Å². The molecule has 0 fully saturated rings. The van der Waals surface area contributed by atoms with E-state index in [0.29, 0.717) is 5.69 Å². The molecule has 2 aromatic carbocycles. The number of rotatable bonds is 2. The molecule has 1 amide bonds. The van der Waals surface area contributed by atoms with E-state index >= 15 is 0 Å². The van der Waals surface area contributed by atoms with E-state index < -0.39 is 0 Å². The van der Waals surface area contributed by atoms with Crippen LogP contribution in [0.3, 0.4) is 0 Å². The maximum Gasteiger partial charge on any atom is 0.276 e. The number of aromatic nitrogens is 2. The van der Waals surface area contributed by atoms with E-state index in [1.165, 1.54) is 6.07 Å². The van der Waals surface area contributed by atoms with Crippen LogP contribution in [0.4, 0.5) is 11.5 Å². The lowest BCUT2D eigenvalue weighted by molar-refractivity contribution is 0.102. The Balaban J connectivity index is 1.85. The fraction of sp³-hybridized carbons (Fsp3) is 0. The van der Waals surface area contributed by atoms with Crippen LogP contribution in [0.2, 0.25) is 0 Å². The highest BCUT2D eigenvalue weighted by Gasteiger charge is 2.08. The molecular formula is C15H11BrN4O. The van der Waals surface area contributed by atoms with Gasteiger partial charge in [-0.25, -0.2) is 0 Å². The third-order valence-corrected chi connectivity index (χ3v) is 3.47. The van der Waals surface area contributed by atoms with Crippen molar-refractivity contribution >= 4 is 44.1 Å². The van der Waals surface area contributed by atoms with Gasteiger partial charge in [0.2, 0.25) is 0 Å². The number of carbonyl (C=O) groups is 1. The predicted molar refractivity (Wildman–Crippen MR) is 86.0 cm³/mol. The van der Waals surface area contributed by atoms with Crippen molar-refractivity contribution in [2.24, 2.45) is 0 Å². The Morgan fingerprint density at radius 1 is 1.00 bits per heavy atom. The molecule has 0 spiro atoms. The molecule has 0 unspecified atom stereocenters. The quantitative estimate of drug-likeness (QED) is 0.749. The lowest BCUT2D eigenvalue weighted by atomic mass is 10.1. The summed E-state index contributed by atoms with van der Waals surface area (Å²) in [5.74, 6) is -0.0400. The maximum absolute atomic E-state index is 12.1. The zero-order valence-electron chi connectivity index (χ0n) is 10.9. The molecule has 0 bridgehead atoms. The van der Waals surface area contributed by atoms with Crippen LogP contribution in [0, 0.1) is 0 Å². The van der Waals surface area contributed by atoms with Crippen LogP contribution >= 0.6 is 15.9 Å². The number of fused-ring (bicyclic) bond motifs is 1. The van der Waals surface area contributed by atoms with Crippen LogP contribution in [-0.4, -0.2) is 16.1 Å². The van der Waals surface area contributed by atoms with Gasteiger partial charge in [0.25, 0.3) is 5.91 Å². The third kappa shape index (κ3) is 3.00. The number of nitrogens with two attached hydrogens (primary N) is 1. The van der Waals surface area contributed by atoms with Gasteiger partial charge in [-0.2, -0.15) is 0 Å². The van der Waals surface area contributed by atoms with Crippen molar-refractivity contribution in [3.8, 4) is 0 Å². The molecule has 1 heterocycles. The second-order valence-corrected chi connectivity index (χ2v) is 5.42. The molecule has 0 saturated carbocycles. The fourth-order valence-electron chi connectivity index (χ4n) is 1.95. The van der Waals surface area contributed by atoms with Crippen molar-refractivity contribution in [1.82, 2.24) is 10.2 Å². The minimum atomic E-state index is -0.320. The number of nitrogen functional groups attached to an aromatic ring is 1. The number of carbonyl (C=O) groups excluding carboxylic acids is 1. The minimum Gasteiger partial charge on any atom is -0.382 e. The number of nitrogens with zero attached hydrogens (tertiary/aromatic N) is 2. The molecule has 0 aliphatic rings. The summed E-state index contributed by atoms with van der Waals surface area (Å²) in [6.07, 6.45) is 0. The lowest BCUT2D eigenvalue weighted by Gasteiger charge is -2.06. The van der Waals surface area contributed by atoms with E-state index in [9.17, 15) is 4.79 Å². The first-order valence-electron chi connectivity index (χ1n) is 6.22. The van der Waals surface area contributed by atoms with E-state index in [1.54, 1.807) is 6.07 Å². The highest BCUT2D eigenvalue weighted by molar-refractivity contribution is 9.10. The molecule has 104 valence electrons. The summed E-state index contributed by atoms with van der Waals surface area (Å²) in [6.45, 7) is 0. The Morgan fingerprint density at radius 3 is 2.52 bits per heavy atom. The van der Waals surface area contributed by atoms with Crippen molar-refractivity contribution in [1.29, 1.82) is 0 Å². The Labute approximate surface area is 129 Å². The van der Waals surface area contributed by atoms with E-state index in [0.717, 1.165) is 15.2 Å². The van der Waals surface area contributed by atoms with Crippen LogP contribution in [0.5, 0.6) is 0 Å². The van der Waals surface area contributed by atoms with Gasteiger partial charge in [0.15, 0.2) is 5.69 Å². The molecule has 3 N–H and O–H groups in total. The first-order chi connectivity index (χ1) is 10.1. The van der Waals surface area contributed by atoms with Crippen LogP contribution in [0.15, 0.2) is 53.0 Å². The monoisotopic (exact) mass is 342 g/mol. The molecule has 1 aromatic heterocycles. The van der Waals surface area contributed by atoms with Gasteiger partial charge in [0.1, 0.15) is 5.82 Å². The molecular weight excluding hydrogens is 332 g/mol. The average Bonchev–Trinajstić information content (AvgIpc) is 2.48. The van der Waals surface area contributed by atoms with E-state index in [-0.39, 0.29) is 17.4 Å². The molecule has 5 nitrogen and oxygen atoms in total. The van der Waals surface area contributed by atoms with Crippen molar-refractivity contribution in [3.05, 3.63) is 58.7 Å². The van der Waals surface area contributed by atoms with Crippen LogP contribution in [0.25, 0.3) is 10.8 Å². The summed E-state index contributed by atoms with van der Waals surface area (Å²) in [4.78, 5) is 12.1. The summed E-state index contributed by atoms with van der Waals surface area (Å²) in [6, 6.07) is 14.7. The highest BCUT2D eigenvalue weighted by Crippen LogP contribution is 2.23. The Morgan fingerprint density at radius 2 is 1.76 bits per heavy atom. The van der Waals surface area contributed by atoms with Gasteiger partial charge < -0.3 is 11.1 Å². The smallest absolute Gasteiger partial charge is 0.276 e. The predicted octanol–water partition coefficient (Wildman–Crippen LogP) is 3.23. The third-order valence-electron chi connectivity index (χ3n) is 2.98. The molecule has 0 saturated heterocycles. The SMILES string of the molecule is Nc1ccc(C(=O)Nc2ccc3cc(Br)ccc3c2)nn1. The number of amides is 1. The molecule has 3 aromatic rings. The van der Waals surface area contributed by atoms with Gasteiger partial charge in [-0.05, 0) is 47.2 Å². The van der Waals surface area contributed by atoms with Gasteiger partial charge in [0.05, 0.1) is 0 Å². The van der Waals surface area contributed by atoms with E-state index in [2.05, 4.69) is 31.4 Å². The summed E-state index contributed by atoms with van der Waals surface area (Å²) in [5, 5.41) is 12.3. The Kier molecular flexibility index (Phi) is 3.53.